The highest BCUT2D eigenvalue weighted by molar-refractivity contribution is 9.10. The molecule has 0 aliphatic carbocycles. The average molecular weight is 343 g/mol. The molecule has 1 aliphatic heterocycles. The maximum absolute atomic E-state index is 13.5. The van der Waals surface area contributed by atoms with Gasteiger partial charge in [0.1, 0.15) is 5.82 Å². The lowest BCUT2D eigenvalue weighted by molar-refractivity contribution is 0.0754. The Hall–Kier alpha value is -0.450. The zero-order valence-corrected chi connectivity index (χ0v) is 14.1. The van der Waals surface area contributed by atoms with Crippen molar-refractivity contribution in [3.63, 3.8) is 0 Å². The van der Waals surface area contributed by atoms with Crippen molar-refractivity contribution in [2.45, 2.75) is 51.7 Å². The molecule has 1 saturated heterocycles. The van der Waals surface area contributed by atoms with Crippen LogP contribution in [-0.4, -0.2) is 29.6 Å². The Kier molecular flexibility index (Phi) is 5.21. The van der Waals surface area contributed by atoms with Crippen LogP contribution in [0.15, 0.2) is 22.7 Å². The lowest BCUT2D eigenvalue weighted by Gasteiger charge is -2.46. The van der Waals surface area contributed by atoms with Crippen LogP contribution in [0.2, 0.25) is 0 Å². The van der Waals surface area contributed by atoms with E-state index in [9.17, 15) is 4.39 Å². The van der Waals surface area contributed by atoms with Crippen LogP contribution >= 0.6 is 15.9 Å². The standard InChI is InChI=1S/C16H24BrFN2/c1-4-15-9-19-16(3,5-2)11-20(15)10-12-6-13(17)8-14(18)7-12/h6-8,15,19H,4-5,9-11H2,1-3H3. The summed E-state index contributed by atoms with van der Waals surface area (Å²) in [4.78, 5) is 2.49. The molecule has 2 nitrogen and oxygen atoms in total. The Morgan fingerprint density at radius 3 is 2.75 bits per heavy atom. The monoisotopic (exact) mass is 342 g/mol. The summed E-state index contributed by atoms with van der Waals surface area (Å²) in [6, 6.07) is 5.69. The van der Waals surface area contributed by atoms with Crippen molar-refractivity contribution in [2.75, 3.05) is 13.1 Å². The van der Waals surface area contributed by atoms with E-state index in [1.54, 1.807) is 6.07 Å². The van der Waals surface area contributed by atoms with Gasteiger partial charge in [0, 0.05) is 35.7 Å². The van der Waals surface area contributed by atoms with Crippen LogP contribution in [0, 0.1) is 5.82 Å². The molecule has 20 heavy (non-hydrogen) atoms. The predicted molar refractivity (Wildman–Crippen MR) is 85.3 cm³/mol. The number of benzene rings is 1. The van der Waals surface area contributed by atoms with Crippen molar-refractivity contribution in [3.8, 4) is 0 Å². The Bertz CT molecular complexity index is 446. The summed E-state index contributed by atoms with van der Waals surface area (Å²) in [6.45, 7) is 9.54. The van der Waals surface area contributed by atoms with Gasteiger partial charge >= 0.3 is 0 Å². The second-order valence-electron chi connectivity index (χ2n) is 6.04. The molecule has 4 heteroatoms. The van der Waals surface area contributed by atoms with Gasteiger partial charge in [-0.05, 0) is 43.5 Å². The lowest BCUT2D eigenvalue weighted by atomic mass is 9.92. The van der Waals surface area contributed by atoms with Crippen LogP contribution in [0.1, 0.15) is 39.2 Å². The zero-order valence-electron chi connectivity index (χ0n) is 12.5. The van der Waals surface area contributed by atoms with Gasteiger partial charge < -0.3 is 5.32 Å². The molecule has 1 heterocycles. The van der Waals surface area contributed by atoms with Gasteiger partial charge in [-0.1, -0.05) is 29.8 Å². The largest absolute Gasteiger partial charge is 0.309 e. The highest BCUT2D eigenvalue weighted by atomic mass is 79.9. The predicted octanol–water partition coefficient (Wildman–Crippen LogP) is 3.94. The molecule has 2 atom stereocenters. The minimum absolute atomic E-state index is 0.163. The van der Waals surface area contributed by atoms with E-state index in [4.69, 9.17) is 0 Å². The maximum Gasteiger partial charge on any atom is 0.124 e. The number of nitrogens with zero attached hydrogens (tertiary/aromatic N) is 1. The van der Waals surface area contributed by atoms with Crippen molar-refractivity contribution in [1.29, 1.82) is 0 Å². The molecule has 0 radical (unpaired) electrons. The summed E-state index contributed by atoms with van der Waals surface area (Å²) in [5, 5.41) is 3.66. The third kappa shape index (κ3) is 3.80. The van der Waals surface area contributed by atoms with E-state index in [1.807, 2.05) is 6.07 Å². The van der Waals surface area contributed by atoms with Gasteiger partial charge in [0.15, 0.2) is 0 Å². The Labute approximate surface area is 129 Å². The summed E-state index contributed by atoms with van der Waals surface area (Å²) >= 11 is 3.38. The van der Waals surface area contributed by atoms with Crippen LogP contribution in [0.25, 0.3) is 0 Å². The van der Waals surface area contributed by atoms with E-state index >= 15 is 0 Å². The first-order valence-corrected chi connectivity index (χ1v) is 8.19. The highest BCUT2D eigenvalue weighted by Crippen LogP contribution is 2.24. The number of hydrogen-bond donors (Lipinski definition) is 1. The minimum Gasteiger partial charge on any atom is -0.309 e. The third-order valence-corrected chi connectivity index (χ3v) is 4.85. The van der Waals surface area contributed by atoms with Gasteiger partial charge in [-0.15, -0.1) is 0 Å². The Morgan fingerprint density at radius 2 is 2.15 bits per heavy atom. The second-order valence-corrected chi connectivity index (χ2v) is 6.96. The summed E-state index contributed by atoms with van der Waals surface area (Å²) in [5.41, 5.74) is 1.20. The van der Waals surface area contributed by atoms with E-state index in [1.165, 1.54) is 6.07 Å². The fourth-order valence-electron chi connectivity index (χ4n) is 2.89. The summed E-state index contributed by atoms with van der Waals surface area (Å²) in [6.07, 6.45) is 2.22. The average Bonchev–Trinajstić information content (AvgIpc) is 2.38. The van der Waals surface area contributed by atoms with Gasteiger partial charge in [-0.25, -0.2) is 4.39 Å². The van der Waals surface area contributed by atoms with Gasteiger partial charge in [0.05, 0.1) is 0 Å². The zero-order chi connectivity index (χ0) is 14.8. The SMILES string of the molecule is CCC1CNC(C)(CC)CN1Cc1cc(F)cc(Br)c1. The van der Waals surface area contributed by atoms with Gasteiger partial charge in [0.25, 0.3) is 0 Å². The first-order valence-electron chi connectivity index (χ1n) is 7.40. The molecule has 2 unspecified atom stereocenters. The van der Waals surface area contributed by atoms with E-state index in [2.05, 4.69) is 46.9 Å². The quantitative estimate of drug-likeness (QED) is 0.891. The normalized spacial score (nSPS) is 27.8. The molecule has 1 fully saturated rings. The molecule has 0 aromatic heterocycles. The van der Waals surface area contributed by atoms with Crippen molar-refractivity contribution in [2.24, 2.45) is 0 Å². The molecule has 2 rings (SSSR count). The molecule has 1 N–H and O–H groups in total. The summed E-state index contributed by atoms with van der Waals surface area (Å²) < 4.78 is 14.3. The molecule has 0 spiro atoms. The molecule has 1 aliphatic rings. The Balaban J connectivity index is 2.15. The number of hydrogen-bond acceptors (Lipinski definition) is 2. The maximum atomic E-state index is 13.5. The third-order valence-electron chi connectivity index (χ3n) is 4.39. The first kappa shape index (κ1) is 15.9. The second kappa shape index (κ2) is 6.54. The first-order chi connectivity index (χ1) is 9.45. The highest BCUT2D eigenvalue weighted by Gasteiger charge is 2.33. The molecular weight excluding hydrogens is 319 g/mol. The molecule has 0 amide bonds. The van der Waals surface area contributed by atoms with E-state index < -0.39 is 0 Å². The van der Waals surface area contributed by atoms with E-state index in [0.29, 0.717) is 6.04 Å². The molecule has 112 valence electrons. The van der Waals surface area contributed by atoms with Crippen LogP contribution < -0.4 is 5.32 Å². The molecule has 0 saturated carbocycles. The van der Waals surface area contributed by atoms with Crippen LogP contribution in [0.5, 0.6) is 0 Å². The van der Waals surface area contributed by atoms with Gasteiger partial charge in [-0.2, -0.15) is 0 Å². The van der Waals surface area contributed by atoms with Gasteiger partial charge in [0.2, 0.25) is 0 Å². The van der Waals surface area contributed by atoms with Crippen molar-refractivity contribution in [3.05, 3.63) is 34.1 Å². The van der Waals surface area contributed by atoms with Crippen LogP contribution in [0.3, 0.4) is 0 Å². The van der Waals surface area contributed by atoms with Crippen LogP contribution in [0.4, 0.5) is 4.39 Å². The summed E-state index contributed by atoms with van der Waals surface area (Å²) in [7, 11) is 0. The molecular formula is C16H24BrFN2. The van der Waals surface area contributed by atoms with Gasteiger partial charge in [-0.3, -0.25) is 4.90 Å². The fraction of sp³-hybridized carbons (Fsp3) is 0.625. The van der Waals surface area contributed by atoms with Crippen molar-refractivity contribution in [1.82, 2.24) is 10.2 Å². The smallest absolute Gasteiger partial charge is 0.124 e. The topological polar surface area (TPSA) is 15.3 Å². The summed E-state index contributed by atoms with van der Waals surface area (Å²) in [5.74, 6) is -0.171. The van der Waals surface area contributed by atoms with E-state index in [0.717, 1.165) is 42.5 Å². The molecule has 0 bridgehead atoms. The number of nitrogens with one attached hydrogen (secondary N) is 1. The number of piperazine rings is 1. The van der Waals surface area contributed by atoms with E-state index in [-0.39, 0.29) is 11.4 Å². The number of rotatable bonds is 4. The lowest BCUT2D eigenvalue weighted by Crippen LogP contribution is -2.62. The van der Waals surface area contributed by atoms with Crippen molar-refractivity contribution >= 4 is 15.9 Å². The Morgan fingerprint density at radius 1 is 1.40 bits per heavy atom. The van der Waals surface area contributed by atoms with Crippen molar-refractivity contribution < 1.29 is 4.39 Å². The number of halogens is 2. The fourth-order valence-corrected chi connectivity index (χ4v) is 3.40. The van der Waals surface area contributed by atoms with Crippen LogP contribution in [-0.2, 0) is 6.54 Å². The minimum atomic E-state index is -0.171. The molecule has 1 aromatic rings. The molecule has 1 aromatic carbocycles.